The van der Waals surface area contributed by atoms with E-state index in [1.807, 2.05) is 5.38 Å². The van der Waals surface area contributed by atoms with Crippen LogP contribution < -0.4 is 5.73 Å². The third kappa shape index (κ3) is 2.08. The summed E-state index contributed by atoms with van der Waals surface area (Å²) >= 11 is 1.48. The van der Waals surface area contributed by atoms with Gasteiger partial charge in [-0.25, -0.2) is 4.98 Å². The molecule has 0 fully saturated rings. The van der Waals surface area contributed by atoms with Gasteiger partial charge >= 0.3 is 0 Å². The predicted molar refractivity (Wildman–Crippen MR) is 72.4 cm³/mol. The van der Waals surface area contributed by atoms with Gasteiger partial charge in [-0.2, -0.15) is 0 Å². The van der Waals surface area contributed by atoms with Crippen LogP contribution in [0.3, 0.4) is 0 Å². The van der Waals surface area contributed by atoms with E-state index in [9.17, 15) is 0 Å². The monoisotopic (exact) mass is 257 g/mol. The molecule has 0 amide bonds. The summed E-state index contributed by atoms with van der Waals surface area (Å²) < 4.78 is 0. The topological polar surface area (TPSA) is 54.7 Å². The van der Waals surface area contributed by atoms with Crippen molar-refractivity contribution < 1.29 is 0 Å². The molecule has 0 bridgehead atoms. The fraction of sp³-hybridized carbons (Fsp3) is 0.364. The lowest BCUT2D eigenvalue weighted by molar-refractivity contribution is 1.08. The average Bonchev–Trinajstić information content (AvgIpc) is 2.71. The molecule has 2 aromatic rings. The number of hydrogen-bond acceptors (Lipinski definition) is 3. The molecule has 16 heavy (non-hydrogen) atoms. The largest absolute Gasteiger partial charge is 0.375 e. The van der Waals surface area contributed by atoms with E-state index < -0.39 is 0 Å². The Morgan fingerprint density at radius 3 is 2.56 bits per heavy atom. The van der Waals surface area contributed by atoms with Gasteiger partial charge < -0.3 is 10.7 Å². The molecular weight excluding hydrogens is 242 g/mol. The number of thiazole rings is 1. The Hall–Kier alpha value is -1.00. The summed E-state index contributed by atoms with van der Waals surface area (Å²) in [5.74, 6) is 0. The van der Waals surface area contributed by atoms with Crippen LogP contribution >= 0.6 is 23.7 Å². The van der Waals surface area contributed by atoms with E-state index >= 15 is 0 Å². The lowest BCUT2D eigenvalue weighted by Gasteiger charge is -1.96. The molecule has 0 aliphatic carbocycles. The molecule has 0 saturated carbocycles. The number of aromatic amines is 1. The molecule has 0 spiro atoms. The normalized spacial score (nSPS) is 10.2. The van der Waals surface area contributed by atoms with Crippen LogP contribution in [-0.4, -0.2) is 9.97 Å². The lowest BCUT2D eigenvalue weighted by Crippen LogP contribution is -1.85. The first-order chi connectivity index (χ1) is 7.13. The molecule has 0 atom stereocenters. The molecule has 2 heterocycles. The van der Waals surface area contributed by atoms with E-state index in [4.69, 9.17) is 5.73 Å². The summed E-state index contributed by atoms with van der Waals surface area (Å²) in [7, 11) is 0. The minimum Gasteiger partial charge on any atom is -0.375 e. The molecule has 0 aliphatic heterocycles. The van der Waals surface area contributed by atoms with Crippen molar-refractivity contribution in [3.05, 3.63) is 22.2 Å². The van der Waals surface area contributed by atoms with E-state index in [2.05, 4.69) is 30.7 Å². The molecule has 3 N–H and O–H groups in total. The van der Waals surface area contributed by atoms with Gasteiger partial charge in [0.05, 0.1) is 11.4 Å². The highest BCUT2D eigenvalue weighted by Crippen LogP contribution is 2.29. The molecular formula is C11H16ClN3S. The number of hydrogen-bond donors (Lipinski definition) is 2. The van der Waals surface area contributed by atoms with Crippen molar-refractivity contribution in [1.82, 2.24) is 9.97 Å². The highest BCUT2D eigenvalue weighted by atomic mass is 35.5. The Kier molecular flexibility index (Phi) is 3.99. The second-order valence-electron chi connectivity index (χ2n) is 3.65. The van der Waals surface area contributed by atoms with Gasteiger partial charge in [0.1, 0.15) is 0 Å². The number of halogens is 1. The fourth-order valence-electron chi connectivity index (χ4n) is 1.98. The molecule has 5 heteroatoms. The van der Waals surface area contributed by atoms with Gasteiger partial charge in [0.2, 0.25) is 0 Å². The number of nitrogens with two attached hydrogens (primary N) is 1. The first-order valence-corrected chi connectivity index (χ1v) is 5.90. The number of nitrogen functional groups attached to an aromatic ring is 1. The number of aryl methyl sites for hydroxylation is 1. The Balaban J connectivity index is 0.00000128. The summed E-state index contributed by atoms with van der Waals surface area (Å²) in [6.07, 6.45) is 1.05. The van der Waals surface area contributed by atoms with Crippen LogP contribution in [0, 0.1) is 13.8 Å². The van der Waals surface area contributed by atoms with E-state index in [0.717, 1.165) is 17.8 Å². The summed E-state index contributed by atoms with van der Waals surface area (Å²) in [4.78, 5) is 7.68. The predicted octanol–water partition coefficient (Wildman–Crippen LogP) is 3.32. The van der Waals surface area contributed by atoms with Gasteiger partial charge in [0.15, 0.2) is 5.13 Å². The average molecular weight is 258 g/mol. The molecule has 88 valence electrons. The zero-order chi connectivity index (χ0) is 11.0. The van der Waals surface area contributed by atoms with Crippen molar-refractivity contribution in [3.8, 4) is 11.4 Å². The maximum absolute atomic E-state index is 5.64. The third-order valence-corrected chi connectivity index (χ3v) is 3.40. The van der Waals surface area contributed by atoms with Gasteiger partial charge in [0.25, 0.3) is 0 Å². The minimum atomic E-state index is 0. The number of nitrogens with one attached hydrogen (secondary N) is 1. The SMILES string of the molecule is CCc1c(C)[nH]c(-c2csc(N)n2)c1C.Cl. The molecule has 2 aromatic heterocycles. The molecule has 2 rings (SSSR count). The molecule has 3 nitrogen and oxygen atoms in total. The molecule has 0 saturated heterocycles. The number of anilines is 1. The molecule has 0 unspecified atom stereocenters. The zero-order valence-corrected chi connectivity index (χ0v) is 11.3. The van der Waals surface area contributed by atoms with E-state index in [1.54, 1.807) is 0 Å². The van der Waals surface area contributed by atoms with Gasteiger partial charge in [-0.1, -0.05) is 6.92 Å². The van der Waals surface area contributed by atoms with E-state index in [1.165, 1.54) is 28.2 Å². The van der Waals surface area contributed by atoms with Crippen molar-refractivity contribution in [2.75, 3.05) is 5.73 Å². The number of aromatic nitrogens is 2. The van der Waals surface area contributed by atoms with Gasteiger partial charge in [-0.15, -0.1) is 23.7 Å². The van der Waals surface area contributed by atoms with E-state index in [-0.39, 0.29) is 12.4 Å². The second kappa shape index (κ2) is 4.89. The Morgan fingerprint density at radius 2 is 2.12 bits per heavy atom. The van der Waals surface area contributed by atoms with Crippen LogP contribution in [0.15, 0.2) is 5.38 Å². The first-order valence-electron chi connectivity index (χ1n) is 5.03. The summed E-state index contributed by atoms with van der Waals surface area (Å²) in [6.45, 7) is 6.40. The van der Waals surface area contributed by atoms with Crippen molar-refractivity contribution in [1.29, 1.82) is 0 Å². The highest BCUT2D eigenvalue weighted by molar-refractivity contribution is 7.13. The van der Waals surface area contributed by atoms with Crippen LogP contribution in [0.25, 0.3) is 11.4 Å². The maximum atomic E-state index is 5.64. The fourth-order valence-corrected chi connectivity index (χ4v) is 2.53. The smallest absolute Gasteiger partial charge is 0.180 e. The summed E-state index contributed by atoms with van der Waals surface area (Å²) in [5, 5.41) is 2.61. The second-order valence-corrected chi connectivity index (χ2v) is 4.54. The number of rotatable bonds is 2. The highest BCUT2D eigenvalue weighted by Gasteiger charge is 2.13. The Labute approximate surface area is 106 Å². The van der Waals surface area contributed by atoms with Crippen molar-refractivity contribution >= 4 is 28.9 Å². The van der Waals surface area contributed by atoms with Gasteiger partial charge in [-0.05, 0) is 31.4 Å². The Morgan fingerprint density at radius 1 is 1.44 bits per heavy atom. The Bertz CT molecular complexity index is 487. The standard InChI is InChI=1S/C11H15N3S.ClH/c1-4-8-6(2)10(13-7(8)3)9-5-15-11(12)14-9;/h5,13H,4H2,1-3H3,(H2,12,14);1H. The lowest BCUT2D eigenvalue weighted by atomic mass is 10.1. The van der Waals surface area contributed by atoms with Crippen LogP contribution in [0.2, 0.25) is 0 Å². The molecule has 0 aliphatic rings. The minimum absolute atomic E-state index is 0. The first kappa shape index (κ1) is 13.1. The number of nitrogens with zero attached hydrogens (tertiary/aromatic N) is 1. The van der Waals surface area contributed by atoms with Crippen molar-refractivity contribution in [2.45, 2.75) is 27.2 Å². The third-order valence-electron chi connectivity index (χ3n) is 2.72. The number of H-pyrrole nitrogens is 1. The van der Waals surface area contributed by atoms with Crippen LogP contribution in [-0.2, 0) is 6.42 Å². The summed E-state index contributed by atoms with van der Waals surface area (Å²) in [5.41, 5.74) is 11.6. The van der Waals surface area contributed by atoms with E-state index in [0.29, 0.717) is 5.13 Å². The van der Waals surface area contributed by atoms with Gasteiger partial charge in [0, 0.05) is 11.1 Å². The van der Waals surface area contributed by atoms with Gasteiger partial charge in [-0.3, -0.25) is 0 Å². The van der Waals surface area contributed by atoms with Crippen molar-refractivity contribution in [3.63, 3.8) is 0 Å². The molecule has 0 aromatic carbocycles. The van der Waals surface area contributed by atoms with Crippen molar-refractivity contribution in [2.24, 2.45) is 0 Å². The quantitative estimate of drug-likeness (QED) is 0.867. The zero-order valence-electron chi connectivity index (χ0n) is 9.63. The summed E-state index contributed by atoms with van der Waals surface area (Å²) in [6, 6.07) is 0. The molecule has 0 radical (unpaired) electrons. The van der Waals surface area contributed by atoms with Crippen LogP contribution in [0.1, 0.15) is 23.7 Å². The van der Waals surface area contributed by atoms with Crippen LogP contribution in [0.4, 0.5) is 5.13 Å². The van der Waals surface area contributed by atoms with Crippen LogP contribution in [0.5, 0.6) is 0 Å². The maximum Gasteiger partial charge on any atom is 0.180 e.